The lowest BCUT2D eigenvalue weighted by Gasteiger charge is -2.27. The summed E-state index contributed by atoms with van der Waals surface area (Å²) in [5.74, 6) is -0.957. The zero-order chi connectivity index (χ0) is 21.0. The van der Waals surface area contributed by atoms with Crippen LogP contribution in [-0.4, -0.2) is 55.5 Å². The highest BCUT2D eigenvalue weighted by atomic mass is 16.5. The molecule has 0 saturated heterocycles. The van der Waals surface area contributed by atoms with E-state index in [0.29, 0.717) is 31.0 Å². The number of hydrogen-bond acceptors (Lipinski definition) is 5. The van der Waals surface area contributed by atoms with E-state index in [9.17, 15) is 14.7 Å². The second kappa shape index (κ2) is 8.79. The van der Waals surface area contributed by atoms with Crippen LogP contribution in [0.3, 0.4) is 0 Å². The zero-order valence-electron chi connectivity index (χ0n) is 16.6. The van der Waals surface area contributed by atoms with Crippen molar-refractivity contribution < 1.29 is 28.7 Å². The first-order chi connectivity index (χ1) is 13.9. The number of ketones is 1. The topological polar surface area (TPSA) is 84.4 Å². The van der Waals surface area contributed by atoms with Crippen LogP contribution in [0.4, 0.5) is 0 Å². The Labute approximate surface area is 169 Å². The molecule has 0 bridgehead atoms. The normalized spacial score (nSPS) is 16.6. The second-order valence-corrected chi connectivity index (χ2v) is 7.10. The molecular weight excluding hydrogens is 372 g/mol. The lowest BCUT2D eigenvalue weighted by atomic mass is 9.95. The van der Waals surface area contributed by atoms with Crippen molar-refractivity contribution in [3.63, 3.8) is 0 Å². The minimum atomic E-state index is -0.730. The molecule has 7 nitrogen and oxygen atoms in total. The van der Waals surface area contributed by atoms with E-state index < -0.39 is 23.5 Å². The fourth-order valence-electron chi connectivity index (χ4n) is 3.28. The van der Waals surface area contributed by atoms with Gasteiger partial charge in [-0.2, -0.15) is 0 Å². The second-order valence-electron chi connectivity index (χ2n) is 7.10. The quantitative estimate of drug-likeness (QED) is 0.496. The molecule has 1 aliphatic heterocycles. The van der Waals surface area contributed by atoms with E-state index in [1.54, 1.807) is 30.3 Å². The Balaban J connectivity index is 2.04. The van der Waals surface area contributed by atoms with Crippen molar-refractivity contribution in [1.29, 1.82) is 0 Å². The summed E-state index contributed by atoms with van der Waals surface area (Å²) in [5.41, 5.74) is 0.687. The number of rotatable bonds is 9. The SMILES string of the molecule is C=CCOc1cccc([C@H]2C(C(=O)c3ccco3)=C(O)C(=O)N2CC[NH+](C)C)c1. The smallest absolute Gasteiger partial charge is 0.290 e. The van der Waals surface area contributed by atoms with E-state index in [4.69, 9.17) is 9.15 Å². The van der Waals surface area contributed by atoms with Gasteiger partial charge in [0.25, 0.3) is 5.91 Å². The predicted octanol–water partition coefficient (Wildman–Crippen LogP) is 1.57. The summed E-state index contributed by atoms with van der Waals surface area (Å²) in [4.78, 5) is 28.5. The van der Waals surface area contributed by atoms with E-state index in [-0.39, 0.29) is 11.3 Å². The Morgan fingerprint density at radius 3 is 2.79 bits per heavy atom. The van der Waals surface area contributed by atoms with Gasteiger partial charge in [0.2, 0.25) is 5.78 Å². The van der Waals surface area contributed by atoms with Gasteiger partial charge in [-0.05, 0) is 29.8 Å². The van der Waals surface area contributed by atoms with Gasteiger partial charge in [0.05, 0.1) is 45.1 Å². The molecule has 7 heteroatoms. The van der Waals surface area contributed by atoms with Crippen molar-refractivity contribution in [1.82, 2.24) is 4.90 Å². The summed E-state index contributed by atoms with van der Waals surface area (Å²) < 4.78 is 10.8. The number of amides is 1. The number of furan rings is 1. The van der Waals surface area contributed by atoms with E-state index in [2.05, 4.69) is 6.58 Å². The fourth-order valence-corrected chi connectivity index (χ4v) is 3.28. The van der Waals surface area contributed by atoms with Gasteiger partial charge in [-0.1, -0.05) is 24.8 Å². The van der Waals surface area contributed by atoms with Gasteiger partial charge in [0, 0.05) is 0 Å². The molecule has 1 atom stereocenters. The number of likely N-dealkylation sites (N-methyl/N-ethyl adjacent to an activating group) is 1. The highest BCUT2D eigenvalue weighted by molar-refractivity contribution is 6.15. The van der Waals surface area contributed by atoms with Crippen molar-refractivity contribution >= 4 is 11.7 Å². The van der Waals surface area contributed by atoms with Crippen LogP contribution in [0.25, 0.3) is 0 Å². The van der Waals surface area contributed by atoms with Crippen LogP contribution >= 0.6 is 0 Å². The Kier molecular flexibility index (Phi) is 6.19. The Hall–Kier alpha value is -3.32. The number of nitrogens with zero attached hydrogens (tertiary/aromatic N) is 1. The third-order valence-corrected chi connectivity index (χ3v) is 4.69. The monoisotopic (exact) mass is 397 g/mol. The van der Waals surface area contributed by atoms with E-state index in [1.165, 1.54) is 17.2 Å². The van der Waals surface area contributed by atoms with Gasteiger partial charge in [0.15, 0.2) is 11.5 Å². The number of aliphatic hydroxyl groups is 1. The molecule has 2 aromatic rings. The zero-order valence-corrected chi connectivity index (χ0v) is 16.6. The molecule has 0 unspecified atom stereocenters. The molecule has 0 saturated carbocycles. The number of nitrogens with one attached hydrogen (secondary N) is 1. The van der Waals surface area contributed by atoms with Crippen LogP contribution in [0.2, 0.25) is 0 Å². The molecule has 2 heterocycles. The molecule has 29 heavy (non-hydrogen) atoms. The average Bonchev–Trinajstić information content (AvgIpc) is 3.32. The van der Waals surface area contributed by atoms with Crippen LogP contribution in [-0.2, 0) is 4.79 Å². The molecular formula is C22H25N2O5+. The summed E-state index contributed by atoms with van der Waals surface area (Å²) in [6, 6.07) is 9.53. The molecule has 1 aromatic heterocycles. The number of ether oxygens (including phenoxy) is 1. The summed E-state index contributed by atoms with van der Waals surface area (Å²) in [6.45, 7) is 5.00. The molecule has 2 N–H and O–H groups in total. The average molecular weight is 397 g/mol. The van der Waals surface area contributed by atoms with Crippen LogP contribution in [0.15, 0.2) is 71.1 Å². The van der Waals surface area contributed by atoms with Gasteiger partial charge in [-0.3, -0.25) is 9.59 Å². The highest BCUT2D eigenvalue weighted by Gasteiger charge is 2.44. The predicted molar refractivity (Wildman–Crippen MR) is 107 cm³/mol. The number of benzene rings is 1. The molecule has 0 radical (unpaired) electrons. The molecule has 1 aliphatic rings. The van der Waals surface area contributed by atoms with Crippen molar-refractivity contribution in [2.75, 3.05) is 33.8 Å². The molecule has 152 valence electrons. The minimum Gasteiger partial charge on any atom is -0.503 e. The molecule has 3 rings (SSSR count). The number of aliphatic hydroxyl groups excluding tert-OH is 1. The maximum Gasteiger partial charge on any atom is 0.290 e. The van der Waals surface area contributed by atoms with Crippen molar-refractivity contribution in [3.8, 4) is 5.75 Å². The van der Waals surface area contributed by atoms with E-state index >= 15 is 0 Å². The van der Waals surface area contributed by atoms with Gasteiger partial charge in [-0.25, -0.2) is 0 Å². The van der Waals surface area contributed by atoms with Gasteiger partial charge in [-0.15, -0.1) is 0 Å². The van der Waals surface area contributed by atoms with E-state index in [1.807, 2.05) is 20.2 Å². The lowest BCUT2D eigenvalue weighted by Crippen LogP contribution is -3.06. The van der Waals surface area contributed by atoms with Crippen LogP contribution in [0.1, 0.15) is 22.2 Å². The third-order valence-electron chi connectivity index (χ3n) is 4.69. The maximum atomic E-state index is 13.0. The maximum absolute atomic E-state index is 13.0. The van der Waals surface area contributed by atoms with Crippen molar-refractivity contribution in [2.45, 2.75) is 6.04 Å². The molecule has 0 fully saturated rings. The van der Waals surface area contributed by atoms with Gasteiger partial charge >= 0.3 is 0 Å². The minimum absolute atomic E-state index is 0.0135. The van der Waals surface area contributed by atoms with Gasteiger partial charge < -0.3 is 24.1 Å². The Morgan fingerprint density at radius 1 is 1.34 bits per heavy atom. The molecule has 0 spiro atoms. The first-order valence-corrected chi connectivity index (χ1v) is 9.39. The summed E-state index contributed by atoms with van der Waals surface area (Å²) in [5, 5.41) is 10.6. The fraction of sp³-hybridized carbons (Fsp3) is 0.273. The van der Waals surface area contributed by atoms with Crippen LogP contribution < -0.4 is 9.64 Å². The Morgan fingerprint density at radius 2 is 2.14 bits per heavy atom. The first kappa shape index (κ1) is 20.4. The summed E-state index contributed by atoms with van der Waals surface area (Å²) in [6.07, 6.45) is 3.02. The number of hydrogen-bond donors (Lipinski definition) is 2. The number of Topliss-reactive ketones (excluding diaryl/α,β-unsaturated/α-hetero) is 1. The standard InChI is InChI=1S/C22H24N2O5/c1-4-12-28-16-8-5-7-15(14-16)19-18(20(25)17-9-6-13-29-17)21(26)22(27)24(19)11-10-23(2)3/h4-9,13-14,19,26H,1,10-12H2,2-3H3/p+1/t19-/m0/s1. The lowest BCUT2D eigenvalue weighted by molar-refractivity contribution is -0.857. The molecule has 1 amide bonds. The number of carbonyl (C=O) groups is 2. The van der Waals surface area contributed by atoms with Crippen LogP contribution in [0, 0.1) is 0 Å². The van der Waals surface area contributed by atoms with Crippen molar-refractivity contribution in [2.24, 2.45) is 0 Å². The molecule has 0 aliphatic carbocycles. The number of carbonyl (C=O) groups excluding carboxylic acids is 2. The Bertz CT molecular complexity index is 930. The van der Waals surface area contributed by atoms with Gasteiger partial charge in [0.1, 0.15) is 12.4 Å². The third kappa shape index (κ3) is 4.25. The largest absolute Gasteiger partial charge is 0.503 e. The van der Waals surface area contributed by atoms with Crippen molar-refractivity contribution in [3.05, 3.63) is 78.0 Å². The summed E-state index contributed by atoms with van der Waals surface area (Å²) >= 11 is 0. The first-order valence-electron chi connectivity index (χ1n) is 9.39. The highest BCUT2D eigenvalue weighted by Crippen LogP contribution is 2.39. The van der Waals surface area contributed by atoms with E-state index in [0.717, 1.165) is 4.90 Å². The van der Waals surface area contributed by atoms with Crippen LogP contribution in [0.5, 0.6) is 5.75 Å². The molecule has 1 aromatic carbocycles. The number of quaternary nitrogens is 1. The summed E-state index contributed by atoms with van der Waals surface area (Å²) in [7, 11) is 3.95.